The Morgan fingerprint density at radius 2 is 1.90 bits per heavy atom. The monoisotopic (exact) mass is 154 g/mol. The molecule has 0 spiro atoms. The Balaban J connectivity index is 4.39. The topological polar surface area (TPSA) is 37.3 Å². The zero-order chi connectivity index (χ0) is 8.36. The van der Waals surface area contributed by atoms with Gasteiger partial charge in [-0.15, -0.1) is 0 Å². The second-order valence-electron chi connectivity index (χ2n) is 1.64. The van der Waals surface area contributed by atoms with Gasteiger partial charge in [0.2, 0.25) is 0 Å². The first kappa shape index (κ1) is 9.00. The molecule has 0 fully saturated rings. The van der Waals surface area contributed by atoms with Crippen LogP contribution in [0.1, 0.15) is 6.92 Å². The Morgan fingerprint density at radius 1 is 1.50 bits per heavy atom. The van der Waals surface area contributed by atoms with Gasteiger partial charge in [-0.25, -0.2) is 0 Å². The predicted octanol–water partition coefficient (Wildman–Crippen LogP) is 1.58. The maximum Gasteiger partial charge on any atom is 0.454 e. The molecule has 1 N–H and O–H groups in total. The summed E-state index contributed by atoms with van der Waals surface area (Å²) in [6, 6.07) is 0. The molecular weight excluding hydrogens is 149 g/mol. The molecule has 0 aliphatic carbocycles. The summed E-state index contributed by atoms with van der Waals surface area (Å²) < 4.78 is 34.2. The molecule has 58 valence electrons. The molecule has 0 atom stereocenters. The third-order valence-electron chi connectivity index (χ3n) is 0.809. The molecule has 0 heterocycles. The Morgan fingerprint density at radius 3 is 2.00 bits per heavy atom. The van der Waals surface area contributed by atoms with Gasteiger partial charge in [0.05, 0.1) is 6.26 Å². The van der Waals surface area contributed by atoms with Crippen LogP contribution in [0.25, 0.3) is 0 Å². The highest BCUT2D eigenvalue weighted by molar-refractivity contribution is 5.98. The number of aliphatic hydroxyl groups is 1. The summed E-state index contributed by atoms with van der Waals surface area (Å²) >= 11 is 0. The van der Waals surface area contributed by atoms with Gasteiger partial charge in [-0.1, -0.05) is 0 Å². The van der Waals surface area contributed by atoms with E-state index in [4.69, 9.17) is 5.11 Å². The van der Waals surface area contributed by atoms with Gasteiger partial charge in [-0.05, 0) is 6.92 Å². The number of aliphatic hydroxyl groups excluding tert-OH is 1. The fourth-order valence-corrected chi connectivity index (χ4v) is 0.282. The molecule has 10 heavy (non-hydrogen) atoms. The zero-order valence-corrected chi connectivity index (χ0v) is 5.07. The van der Waals surface area contributed by atoms with Gasteiger partial charge in [0.25, 0.3) is 5.78 Å². The van der Waals surface area contributed by atoms with Crippen LogP contribution in [0.4, 0.5) is 13.2 Å². The van der Waals surface area contributed by atoms with Crippen LogP contribution >= 0.6 is 0 Å². The van der Waals surface area contributed by atoms with Crippen molar-refractivity contribution >= 4 is 5.78 Å². The number of carbonyl (C=O) groups is 1. The van der Waals surface area contributed by atoms with Crippen molar-refractivity contribution in [1.82, 2.24) is 0 Å². The van der Waals surface area contributed by atoms with Gasteiger partial charge < -0.3 is 5.11 Å². The molecule has 0 aliphatic heterocycles. The van der Waals surface area contributed by atoms with Crippen molar-refractivity contribution < 1.29 is 23.1 Å². The van der Waals surface area contributed by atoms with Crippen LogP contribution in [0.3, 0.4) is 0 Å². The molecule has 5 heteroatoms. The Labute approximate surface area is 55.0 Å². The molecule has 2 nitrogen and oxygen atoms in total. The maximum atomic E-state index is 11.4. The van der Waals surface area contributed by atoms with Gasteiger partial charge in [0.1, 0.15) is 0 Å². The largest absolute Gasteiger partial charge is 0.515 e. The normalized spacial score (nSPS) is 13.4. The number of rotatable bonds is 1. The number of hydrogen-bond donors (Lipinski definition) is 1. The van der Waals surface area contributed by atoms with E-state index < -0.39 is 17.5 Å². The van der Waals surface area contributed by atoms with Crippen molar-refractivity contribution in [3.05, 3.63) is 11.8 Å². The second-order valence-corrected chi connectivity index (χ2v) is 1.64. The quantitative estimate of drug-likeness (QED) is 0.459. The summed E-state index contributed by atoms with van der Waals surface area (Å²) in [6.45, 7) is 0.885. The first-order valence-electron chi connectivity index (χ1n) is 2.32. The summed E-state index contributed by atoms with van der Waals surface area (Å²) in [7, 11) is 0. The summed E-state index contributed by atoms with van der Waals surface area (Å²) in [4.78, 5) is 10.0. The van der Waals surface area contributed by atoms with E-state index in [0.717, 1.165) is 6.92 Å². The average molecular weight is 154 g/mol. The Hall–Kier alpha value is -1.00. The van der Waals surface area contributed by atoms with E-state index in [1.165, 1.54) is 0 Å². The predicted molar refractivity (Wildman–Crippen MR) is 27.4 cm³/mol. The molecule has 0 radical (unpaired) electrons. The lowest BCUT2D eigenvalue weighted by atomic mass is 10.2. The molecule has 0 saturated heterocycles. The maximum absolute atomic E-state index is 11.4. The average Bonchev–Trinajstić information content (AvgIpc) is 1.83. The fourth-order valence-electron chi connectivity index (χ4n) is 0.282. The van der Waals surface area contributed by atoms with E-state index in [1.54, 1.807) is 0 Å². The number of allylic oxidation sites excluding steroid dienone is 1. The molecular formula is C5H5F3O2. The number of hydrogen-bond acceptors (Lipinski definition) is 2. The van der Waals surface area contributed by atoms with E-state index in [1.807, 2.05) is 0 Å². The van der Waals surface area contributed by atoms with Crippen molar-refractivity contribution in [1.29, 1.82) is 0 Å². The van der Waals surface area contributed by atoms with Crippen LogP contribution in [-0.4, -0.2) is 17.1 Å². The second kappa shape index (κ2) is 2.72. The highest BCUT2D eigenvalue weighted by atomic mass is 19.4. The van der Waals surface area contributed by atoms with Crippen LogP contribution < -0.4 is 0 Å². The van der Waals surface area contributed by atoms with Gasteiger partial charge in [0, 0.05) is 5.57 Å². The van der Waals surface area contributed by atoms with E-state index >= 15 is 0 Å². The van der Waals surface area contributed by atoms with Crippen molar-refractivity contribution in [3.8, 4) is 0 Å². The van der Waals surface area contributed by atoms with Gasteiger partial charge >= 0.3 is 6.18 Å². The van der Waals surface area contributed by atoms with Gasteiger partial charge in [0.15, 0.2) is 0 Å². The smallest absolute Gasteiger partial charge is 0.454 e. The number of halogens is 3. The van der Waals surface area contributed by atoms with Crippen LogP contribution in [0.15, 0.2) is 11.8 Å². The first-order chi connectivity index (χ1) is 4.39. The van der Waals surface area contributed by atoms with E-state index in [-0.39, 0.29) is 6.26 Å². The summed E-state index contributed by atoms with van der Waals surface area (Å²) in [5.41, 5.74) is -0.715. The van der Waals surface area contributed by atoms with Crippen molar-refractivity contribution in [2.75, 3.05) is 0 Å². The molecule has 0 unspecified atom stereocenters. The number of ketones is 1. The van der Waals surface area contributed by atoms with E-state index in [0.29, 0.717) is 0 Å². The molecule has 0 aromatic heterocycles. The summed E-state index contributed by atoms with van der Waals surface area (Å²) in [6.07, 6.45) is -4.75. The van der Waals surface area contributed by atoms with Crippen molar-refractivity contribution in [2.24, 2.45) is 0 Å². The standard InChI is InChI=1S/C5H5F3O2/c1-3(2-9)4(10)5(6,7)8/h2,9H,1H3/b3-2+. The highest BCUT2D eigenvalue weighted by Crippen LogP contribution is 2.19. The van der Waals surface area contributed by atoms with Crippen molar-refractivity contribution in [2.45, 2.75) is 13.1 Å². The van der Waals surface area contributed by atoms with Crippen LogP contribution in [0.2, 0.25) is 0 Å². The molecule has 0 aliphatic rings. The molecule has 0 rings (SSSR count). The van der Waals surface area contributed by atoms with Crippen LogP contribution in [0.5, 0.6) is 0 Å². The Kier molecular flexibility index (Phi) is 2.45. The lowest BCUT2D eigenvalue weighted by molar-refractivity contribution is -0.166. The summed E-state index contributed by atoms with van der Waals surface area (Å²) in [5, 5.41) is 7.99. The lowest BCUT2D eigenvalue weighted by Gasteiger charge is -2.02. The van der Waals surface area contributed by atoms with Gasteiger partial charge in [-0.3, -0.25) is 4.79 Å². The van der Waals surface area contributed by atoms with Gasteiger partial charge in [-0.2, -0.15) is 13.2 Å². The van der Waals surface area contributed by atoms with E-state index in [9.17, 15) is 18.0 Å². The number of Topliss-reactive ketones (excluding diaryl/α,β-unsaturated/α-hetero) is 1. The molecule has 0 bridgehead atoms. The Bertz CT molecular complexity index is 168. The highest BCUT2D eigenvalue weighted by Gasteiger charge is 2.39. The van der Waals surface area contributed by atoms with E-state index in [2.05, 4.69) is 0 Å². The lowest BCUT2D eigenvalue weighted by Crippen LogP contribution is -2.23. The zero-order valence-electron chi connectivity index (χ0n) is 5.07. The number of carbonyl (C=O) groups excluding carboxylic acids is 1. The summed E-state index contributed by atoms with van der Waals surface area (Å²) in [5.74, 6) is -2.02. The molecule has 0 amide bonds. The minimum atomic E-state index is -4.89. The number of alkyl halides is 3. The van der Waals surface area contributed by atoms with Crippen LogP contribution in [0, 0.1) is 0 Å². The first-order valence-corrected chi connectivity index (χ1v) is 2.32. The molecule has 0 aromatic rings. The minimum Gasteiger partial charge on any atom is -0.515 e. The molecule has 0 saturated carbocycles. The SMILES string of the molecule is C/C(=C\O)C(=O)C(F)(F)F. The molecule has 0 aromatic carbocycles. The third-order valence-corrected chi connectivity index (χ3v) is 0.809. The fraction of sp³-hybridized carbons (Fsp3) is 0.400. The minimum absolute atomic E-state index is 0.135. The van der Waals surface area contributed by atoms with Crippen LogP contribution in [-0.2, 0) is 4.79 Å². The third kappa shape index (κ3) is 2.08. The van der Waals surface area contributed by atoms with Crippen molar-refractivity contribution in [3.63, 3.8) is 0 Å².